The summed E-state index contributed by atoms with van der Waals surface area (Å²) in [6.45, 7) is 1.85. The fraction of sp³-hybridized carbons (Fsp3) is 0.188. The average Bonchev–Trinajstić information content (AvgIpc) is 2.45. The number of pyridine rings is 1. The molecule has 21 heavy (non-hydrogen) atoms. The van der Waals surface area contributed by atoms with E-state index in [-0.39, 0.29) is 24.5 Å². The maximum absolute atomic E-state index is 11.9. The van der Waals surface area contributed by atoms with Gasteiger partial charge in [0, 0.05) is 29.1 Å². The second-order valence-electron chi connectivity index (χ2n) is 4.64. The number of aromatic nitrogens is 1. The Morgan fingerprint density at radius 2 is 1.81 bits per heavy atom. The molecule has 1 amide bonds. The molecule has 2 rings (SSSR count). The zero-order valence-corrected chi connectivity index (χ0v) is 12.4. The SMILES string of the molecule is Cc1cccc(NC(=O)CCC(=O)c2ccc(Cl)cc2)n1. The molecule has 0 aliphatic rings. The molecule has 0 unspecified atom stereocenters. The van der Waals surface area contributed by atoms with Crippen molar-refractivity contribution < 1.29 is 9.59 Å². The molecule has 1 heterocycles. The molecule has 0 aliphatic carbocycles. The Morgan fingerprint density at radius 1 is 1.10 bits per heavy atom. The van der Waals surface area contributed by atoms with E-state index in [2.05, 4.69) is 10.3 Å². The normalized spacial score (nSPS) is 10.2. The van der Waals surface area contributed by atoms with Gasteiger partial charge in [-0.3, -0.25) is 9.59 Å². The molecule has 108 valence electrons. The van der Waals surface area contributed by atoms with Crippen LogP contribution in [0.25, 0.3) is 0 Å². The lowest BCUT2D eigenvalue weighted by Crippen LogP contribution is -2.14. The molecule has 0 aliphatic heterocycles. The molecule has 0 saturated heterocycles. The van der Waals surface area contributed by atoms with Crippen LogP contribution in [0.4, 0.5) is 5.82 Å². The Kier molecular flexibility index (Phi) is 5.06. The maximum Gasteiger partial charge on any atom is 0.225 e. The van der Waals surface area contributed by atoms with Crippen molar-refractivity contribution in [2.45, 2.75) is 19.8 Å². The third-order valence-electron chi connectivity index (χ3n) is 2.90. The maximum atomic E-state index is 11.9. The molecule has 0 radical (unpaired) electrons. The van der Waals surface area contributed by atoms with Crippen LogP contribution in [0.15, 0.2) is 42.5 Å². The number of Topliss-reactive ketones (excluding diaryl/α,β-unsaturated/α-hetero) is 1. The van der Waals surface area contributed by atoms with E-state index in [1.54, 1.807) is 30.3 Å². The summed E-state index contributed by atoms with van der Waals surface area (Å²) in [6, 6.07) is 12.0. The lowest BCUT2D eigenvalue weighted by Gasteiger charge is -2.05. The van der Waals surface area contributed by atoms with E-state index in [4.69, 9.17) is 11.6 Å². The molecule has 5 heteroatoms. The van der Waals surface area contributed by atoms with Crippen molar-refractivity contribution in [3.8, 4) is 0 Å². The van der Waals surface area contributed by atoms with Gasteiger partial charge in [0.2, 0.25) is 5.91 Å². The van der Waals surface area contributed by atoms with E-state index in [1.807, 2.05) is 19.1 Å². The van der Waals surface area contributed by atoms with Gasteiger partial charge in [-0.1, -0.05) is 17.7 Å². The Hall–Kier alpha value is -2.20. The van der Waals surface area contributed by atoms with Crippen LogP contribution in [-0.2, 0) is 4.79 Å². The summed E-state index contributed by atoms with van der Waals surface area (Å²) in [5, 5.41) is 3.25. The number of ketones is 1. The number of anilines is 1. The van der Waals surface area contributed by atoms with Gasteiger partial charge < -0.3 is 5.32 Å². The predicted octanol–water partition coefficient (Wildman–Crippen LogP) is 3.65. The first kappa shape index (κ1) is 15.2. The van der Waals surface area contributed by atoms with E-state index in [0.29, 0.717) is 16.4 Å². The highest BCUT2D eigenvalue weighted by atomic mass is 35.5. The van der Waals surface area contributed by atoms with Crippen molar-refractivity contribution in [1.82, 2.24) is 4.98 Å². The molecule has 0 atom stereocenters. The summed E-state index contributed by atoms with van der Waals surface area (Å²) >= 11 is 5.76. The fourth-order valence-corrected chi connectivity index (χ4v) is 1.95. The molecule has 0 saturated carbocycles. The van der Waals surface area contributed by atoms with Crippen LogP contribution in [0.1, 0.15) is 28.9 Å². The van der Waals surface area contributed by atoms with Gasteiger partial charge in [-0.2, -0.15) is 0 Å². The van der Waals surface area contributed by atoms with Gasteiger partial charge in [0.25, 0.3) is 0 Å². The summed E-state index contributed by atoms with van der Waals surface area (Å²) in [4.78, 5) is 27.9. The van der Waals surface area contributed by atoms with Crippen LogP contribution < -0.4 is 5.32 Å². The van der Waals surface area contributed by atoms with Crippen LogP contribution in [0.2, 0.25) is 5.02 Å². The number of nitrogens with zero attached hydrogens (tertiary/aromatic N) is 1. The first-order chi connectivity index (χ1) is 10.0. The summed E-state index contributed by atoms with van der Waals surface area (Å²) in [7, 11) is 0. The minimum Gasteiger partial charge on any atom is -0.311 e. The molecule has 1 aromatic heterocycles. The molecular formula is C16H15ClN2O2. The third-order valence-corrected chi connectivity index (χ3v) is 3.15. The Morgan fingerprint density at radius 3 is 2.48 bits per heavy atom. The van der Waals surface area contributed by atoms with Crippen molar-refractivity contribution in [1.29, 1.82) is 0 Å². The monoisotopic (exact) mass is 302 g/mol. The van der Waals surface area contributed by atoms with Crippen LogP contribution in [0, 0.1) is 6.92 Å². The van der Waals surface area contributed by atoms with Gasteiger partial charge >= 0.3 is 0 Å². The summed E-state index contributed by atoms with van der Waals surface area (Å²) in [5.41, 5.74) is 1.38. The molecule has 1 N–H and O–H groups in total. The number of rotatable bonds is 5. The lowest BCUT2D eigenvalue weighted by atomic mass is 10.1. The van der Waals surface area contributed by atoms with Gasteiger partial charge in [0.1, 0.15) is 5.82 Å². The Bertz CT molecular complexity index is 654. The number of hydrogen-bond acceptors (Lipinski definition) is 3. The quantitative estimate of drug-likeness (QED) is 0.858. The van der Waals surface area contributed by atoms with E-state index in [0.717, 1.165) is 5.69 Å². The summed E-state index contributed by atoms with van der Waals surface area (Å²) in [5.74, 6) is 0.188. The molecule has 0 bridgehead atoms. The number of carbonyl (C=O) groups is 2. The Balaban J connectivity index is 1.86. The zero-order chi connectivity index (χ0) is 15.2. The average molecular weight is 303 g/mol. The molecule has 1 aromatic carbocycles. The summed E-state index contributed by atoms with van der Waals surface area (Å²) in [6.07, 6.45) is 0.274. The second-order valence-corrected chi connectivity index (χ2v) is 5.08. The van der Waals surface area contributed by atoms with E-state index < -0.39 is 0 Å². The fourth-order valence-electron chi connectivity index (χ4n) is 1.83. The largest absolute Gasteiger partial charge is 0.311 e. The van der Waals surface area contributed by atoms with E-state index in [1.165, 1.54) is 0 Å². The van der Waals surface area contributed by atoms with Crippen molar-refractivity contribution in [2.75, 3.05) is 5.32 Å². The smallest absolute Gasteiger partial charge is 0.225 e. The first-order valence-electron chi connectivity index (χ1n) is 6.57. The molecule has 0 spiro atoms. The van der Waals surface area contributed by atoms with Crippen molar-refractivity contribution in [3.05, 3.63) is 58.7 Å². The lowest BCUT2D eigenvalue weighted by molar-refractivity contribution is -0.116. The number of nitrogens with one attached hydrogen (secondary N) is 1. The molecule has 4 nitrogen and oxygen atoms in total. The van der Waals surface area contributed by atoms with Crippen molar-refractivity contribution in [3.63, 3.8) is 0 Å². The Labute approximate surface area is 128 Å². The van der Waals surface area contributed by atoms with Crippen LogP contribution in [0.5, 0.6) is 0 Å². The summed E-state index contributed by atoms with van der Waals surface area (Å²) < 4.78 is 0. The zero-order valence-electron chi connectivity index (χ0n) is 11.6. The van der Waals surface area contributed by atoms with Gasteiger partial charge in [0.15, 0.2) is 5.78 Å². The minimum absolute atomic E-state index is 0.0842. The predicted molar refractivity (Wildman–Crippen MR) is 82.6 cm³/mol. The number of aryl methyl sites for hydroxylation is 1. The topological polar surface area (TPSA) is 59.1 Å². The van der Waals surface area contributed by atoms with Gasteiger partial charge in [0.05, 0.1) is 0 Å². The van der Waals surface area contributed by atoms with Crippen molar-refractivity contribution >= 4 is 29.1 Å². The van der Waals surface area contributed by atoms with Crippen LogP contribution in [-0.4, -0.2) is 16.7 Å². The third kappa shape index (κ3) is 4.68. The molecule has 0 fully saturated rings. The number of hydrogen-bond donors (Lipinski definition) is 1. The molecular weight excluding hydrogens is 288 g/mol. The molecule has 2 aromatic rings. The highest BCUT2D eigenvalue weighted by Crippen LogP contribution is 2.12. The highest BCUT2D eigenvalue weighted by Gasteiger charge is 2.10. The minimum atomic E-state index is -0.226. The van der Waals surface area contributed by atoms with Crippen LogP contribution in [0.3, 0.4) is 0 Å². The van der Waals surface area contributed by atoms with Gasteiger partial charge in [-0.15, -0.1) is 0 Å². The number of amides is 1. The van der Waals surface area contributed by atoms with Gasteiger partial charge in [-0.25, -0.2) is 4.98 Å². The number of halogens is 1. The highest BCUT2D eigenvalue weighted by molar-refractivity contribution is 6.30. The second kappa shape index (κ2) is 6.99. The number of benzene rings is 1. The number of carbonyl (C=O) groups excluding carboxylic acids is 2. The van der Waals surface area contributed by atoms with E-state index in [9.17, 15) is 9.59 Å². The van der Waals surface area contributed by atoms with Crippen molar-refractivity contribution in [2.24, 2.45) is 0 Å². The standard InChI is InChI=1S/C16H15ClN2O2/c1-11-3-2-4-15(18-11)19-16(21)10-9-14(20)12-5-7-13(17)8-6-12/h2-8H,9-10H2,1H3,(H,18,19,21). The first-order valence-corrected chi connectivity index (χ1v) is 6.94. The van der Waals surface area contributed by atoms with E-state index >= 15 is 0 Å². The van der Waals surface area contributed by atoms with Crippen LogP contribution >= 0.6 is 11.6 Å². The van der Waals surface area contributed by atoms with Gasteiger partial charge in [-0.05, 0) is 43.3 Å².